The largest absolute Gasteiger partial charge is 0.466 e. The molecule has 0 heterocycles. The van der Waals surface area contributed by atoms with E-state index in [9.17, 15) is 14.7 Å². The molecule has 1 rings (SSSR count). The normalized spacial score (nSPS) is 24.6. The summed E-state index contributed by atoms with van der Waals surface area (Å²) in [7, 11) is 0. The average Bonchev–Trinajstić information content (AvgIpc) is 2.41. The Bertz CT molecular complexity index is 351. The second-order valence-electron chi connectivity index (χ2n) is 6.08. The van der Waals surface area contributed by atoms with Crippen molar-refractivity contribution < 1.29 is 24.2 Å². The highest BCUT2D eigenvalue weighted by atomic mass is 16.6. The summed E-state index contributed by atoms with van der Waals surface area (Å²) >= 11 is 0. The molecule has 0 bridgehead atoms. The summed E-state index contributed by atoms with van der Waals surface area (Å²) in [5.41, 5.74) is -0.593. The third kappa shape index (κ3) is 7.64. The van der Waals surface area contributed by atoms with E-state index < -0.39 is 23.8 Å². The maximum absolute atomic E-state index is 11.7. The van der Waals surface area contributed by atoms with Crippen molar-refractivity contribution in [2.24, 2.45) is 5.92 Å². The van der Waals surface area contributed by atoms with E-state index in [4.69, 9.17) is 9.47 Å². The monoisotopic (exact) mass is 317 g/mol. The Labute approximate surface area is 133 Å². The Morgan fingerprint density at radius 1 is 1.23 bits per heavy atom. The van der Waals surface area contributed by atoms with Crippen LogP contribution in [0.4, 0.5) is 4.79 Å². The molecule has 0 spiro atoms. The van der Waals surface area contributed by atoms with Gasteiger partial charge < -0.3 is 19.9 Å². The topological polar surface area (TPSA) is 84.9 Å². The number of aliphatic hydroxyl groups is 1. The molecule has 1 saturated carbocycles. The number of hydrogen-bond acceptors (Lipinski definition) is 5. The number of nitrogens with one attached hydrogen (secondary N) is 1. The van der Waals surface area contributed by atoms with Crippen LogP contribution < -0.4 is 5.32 Å². The van der Waals surface area contributed by atoms with Gasteiger partial charge >= 0.3 is 12.1 Å². The van der Waals surface area contributed by atoms with E-state index >= 15 is 0 Å². The minimum Gasteiger partial charge on any atom is -0.466 e. The summed E-state index contributed by atoms with van der Waals surface area (Å²) in [6.45, 7) is 11.4. The van der Waals surface area contributed by atoms with Gasteiger partial charge in [-0.3, -0.25) is 4.79 Å². The molecule has 1 unspecified atom stereocenters. The van der Waals surface area contributed by atoms with Gasteiger partial charge in [0.15, 0.2) is 0 Å². The molecule has 22 heavy (non-hydrogen) atoms. The third-order valence-electron chi connectivity index (χ3n) is 3.14. The number of rotatable bonds is 3. The van der Waals surface area contributed by atoms with Gasteiger partial charge in [0.25, 0.3) is 0 Å². The van der Waals surface area contributed by atoms with E-state index in [0.29, 0.717) is 25.9 Å². The zero-order valence-electron chi connectivity index (χ0n) is 14.6. The van der Waals surface area contributed by atoms with Gasteiger partial charge in [-0.2, -0.15) is 0 Å². The predicted molar refractivity (Wildman–Crippen MR) is 84.5 cm³/mol. The van der Waals surface area contributed by atoms with Crippen LogP contribution in [0, 0.1) is 5.92 Å². The summed E-state index contributed by atoms with van der Waals surface area (Å²) in [5.74, 6) is -0.548. The molecule has 0 aromatic carbocycles. The second kappa shape index (κ2) is 9.66. The molecule has 3 atom stereocenters. The van der Waals surface area contributed by atoms with Crippen LogP contribution in [0.1, 0.15) is 60.8 Å². The van der Waals surface area contributed by atoms with E-state index in [1.807, 2.05) is 13.8 Å². The van der Waals surface area contributed by atoms with Gasteiger partial charge in [-0.1, -0.05) is 13.8 Å². The number of aliphatic hydroxyl groups excluding tert-OH is 1. The lowest BCUT2D eigenvalue weighted by Crippen LogP contribution is -2.49. The number of hydrogen-bond donors (Lipinski definition) is 2. The molecular formula is C16H31NO5. The summed E-state index contributed by atoms with van der Waals surface area (Å²) < 4.78 is 10.1. The molecule has 6 nitrogen and oxygen atoms in total. The van der Waals surface area contributed by atoms with Crippen molar-refractivity contribution in [3.05, 3.63) is 0 Å². The maximum Gasteiger partial charge on any atom is 0.407 e. The van der Waals surface area contributed by atoms with Crippen LogP contribution in [0.3, 0.4) is 0 Å². The van der Waals surface area contributed by atoms with Crippen molar-refractivity contribution in [1.82, 2.24) is 5.32 Å². The maximum atomic E-state index is 11.7. The van der Waals surface area contributed by atoms with E-state index in [0.717, 1.165) is 0 Å². The standard InChI is InChI=1S/C14H25NO5.C2H6/c1-5-19-12(17)9-6-7-11(16)10(8-9)15-13(18)20-14(2,3)4;1-2/h9-11,16H,5-8H2,1-4H3,(H,15,18);1-2H3/t9-,10?,11+;/m1./s1. The van der Waals surface area contributed by atoms with Gasteiger partial charge in [0.1, 0.15) is 5.60 Å². The Kier molecular flexibility index (Phi) is 9.09. The van der Waals surface area contributed by atoms with Crippen molar-refractivity contribution in [2.75, 3.05) is 6.61 Å². The minimum atomic E-state index is -0.659. The third-order valence-corrected chi connectivity index (χ3v) is 3.14. The molecule has 130 valence electrons. The molecule has 0 radical (unpaired) electrons. The molecule has 0 aliphatic heterocycles. The van der Waals surface area contributed by atoms with Gasteiger partial charge in [-0.25, -0.2) is 4.79 Å². The highest BCUT2D eigenvalue weighted by molar-refractivity contribution is 5.73. The van der Waals surface area contributed by atoms with Crippen molar-refractivity contribution in [1.29, 1.82) is 0 Å². The molecule has 1 amide bonds. The second-order valence-corrected chi connectivity index (χ2v) is 6.08. The van der Waals surface area contributed by atoms with Crippen LogP contribution in [-0.4, -0.2) is 41.5 Å². The molecule has 1 fully saturated rings. The Balaban J connectivity index is 0.00000211. The molecule has 0 aromatic heterocycles. The van der Waals surface area contributed by atoms with E-state index in [2.05, 4.69) is 5.32 Å². The number of carbonyl (C=O) groups excluding carboxylic acids is 2. The first-order chi connectivity index (χ1) is 10.2. The smallest absolute Gasteiger partial charge is 0.407 e. The molecule has 6 heteroatoms. The van der Waals surface area contributed by atoms with Gasteiger partial charge in [0.2, 0.25) is 0 Å². The number of carbonyl (C=O) groups is 2. The fourth-order valence-electron chi connectivity index (χ4n) is 2.24. The SMILES string of the molecule is CC.CCOC(=O)[C@@H]1CC[C@H](O)C(NC(=O)OC(C)(C)C)C1. The van der Waals surface area contributed by atoms with Crippen LogP contribution in [0.5, 0.6) is 0 Å². The minimum absolute atomic E-state index is 0.268. The molecule has 2 N–H and O–H groups in total. The van der Waals surface area contributed by atoms with Gasteiger partial charge in [0.05, 0.1) is 24.7 Å². The summed E-state index contributed by atoms with van der Waals surface area (Å²) in [6.07, 6.45) is 0.176. The van der Waals surface area contributed by atoms with Gasteiger partial charge in [-0.15, -0.1) is 0 Å². The van der Waals surface area contributed by atoms with Crippen LogP contribution in [0.2, 0.25) is 0 Å². The predicted octanol–water partition coefficient (Wildman–Crippen LogP) is 2.63. The average molecular weight is 317 g/mol. The van der Waals surface area contributed by atoms with Crippen molar-refractivity contribution in [2.45, 2.75) is 78.6 Å². The Morgan fingerprint density at radius 2 is 1.82 bits per heavy atom. The first kappa shape index (κ1) is 20.7. The summed E-state index contributed by atoms with van der Waals surface area (Å²) in [4.78, 5) is 23.4. The number of amides is 1. The molecule has 0 saturated heterocycles. The number of esters is 1. The molecule has 0 aromatic rings. The van der Waals surface area contributed by atoms with E-state index in [-0.39, 0.29) is 11.9 Å². The first-order valence-corrected chi connectivity index (χ1v) is 8.07. The van der Waals surface area contributed by atoms with Crippen molar-refractivity contribution in [3.8, 4) is 0 Å². The summed E-state index contributed by atoms with van der Waals surface area (Å²) in [5, 5.41) is 12.6. The van der Waals surface area contributed by atoms with Crippen LogP contribution in [-0.2, 0) is 14.3 Å². The lowest BCUT2D eigenvalue weighted by atomic mass is 9.84. The van der Waals surface area contributed by atoms with Crippen LogP contribution in [0.25, 0.3) is 0 Å². The number of ether oxygens (including phenoxy) is 2. The van der Waals surface area contributed by atoms with Crippen molar-refractivity contribution >= 4 is 12.1 Å². The lowest BCUT2D eigenvalue weighted by molar-refractivity contribution is -0.150. The fraction of sp³-hybridized carbons (Fsp3) is 0.875. The van der Waals surface area contributed by atoms with E-state index in [1.165, 1.54) is 0 Å². The van der Waals surface area contributed by atoms with E-state index in [1.54, 1.807) is 27.7 Å². The fourth-order valence-corrected chi connectivity index (χ4v) is 2.24. The zero-order chi connectivity index (χ0) is 17.3. The van der Waals surface area contributed by atoms with Gasteiger partial charge in [-0.05, 0) is 47.0 Å². The highest BCUT2D eigenvalue weighted by Crippen LogP contribution is 2.26. The molecule has 1 aliphatic carbocycles. The molecular weight excluding hydrogens is 286 g/mol. The Morgan fingerprint density at radius 3 is 2.32 bits per heavy atom. The Hall–Kier alpha value is -1.30. The number of alkyl carbamates (subject to hydrolysis) is 1. The van der Waals surface area contributed by atoms with Crippen LogP contribution in [0.15, 0.2) is 0 Å². The van der Waals surface area contributed by atoms with Crippen LogP contribution >= 0.6 is 0 Å². The molecule has 1 aliphatic rings. The quantitative estimate of drug-likeness (QED) is 0.782. The highest BCUT2D eigenvalue weighted by Gasteiger charge is 2.35. The summed E-state index contributed by atoms with van der Waals surface area (Å²) in [6, 6.07) is -0.479. The van der Waals surface area contributed by atoms with Crippen molar-refractivity contribution in [3.63, 3.8) is 0 Å². The van der Waals surface area contributed by atoms with Gasteiger partial charge in [0, 0.05) is 0 Å². The zero-order valence-corrected chi connectivity index (χ0v) is 14.6. The first-order valence-electron chi connectivity index (χ1n) is 8.07. The lowest BCUT2D eigenvalue weighted by Gasteiger charge is -2.33.